The van der Waals surface area contributed by atoms with Crippen LogP contribution in [0.4, 0.5) is 13.2 Å². The number of piperazine rings is 1. The highest BCUT2D eigenvalue weighted by Crippen LogP contribution is 2.37. The summed E-state index contributed by atoms with van der Waals surface area (Å²) >= 11 is 0. The normalized spacial score (nSPS) is 18.4. The molecule has 0 N–H and O–H groups in total. The second-order valence-corrected chi connectivity index (χ2v) is 10.2. The zero-order valence-electron chi connectivity index (χ0n) is 18.2. The van der Waals surface area contributed by atoms with Crippen molar-refractivity contribution in [2.24, 2.45) is 0 Å². The molecule has 0 bridgehead atoms. The Balaban J connectivity index is 1.52. The van der Waals surface area contributed by atoms with Gasteiger partial charge in [-0.3, -0.25) is 4.90 Å². The Kier molecular flexibility index (Phi) is 6.61. The van der Waals surface area contributed by atoms with Crippen molar-refractivity contribution >= 4 is 10.0 Å². The highest BCUT2D eigenvalue weighted by molar-refractivity contribution is 7.88. The molecule has 33 heavy (non-hydrogen) atoms. The Morgan fingerprint density at radius 1 is 0.879 bits per heavy atom. The van der Waals surface area contributed by atoms with Gasteiger partial charge in [-0.05, 0) is 28.3 Å². The second kappa shape index (κ2) is 9.29. The Labute approximate surface area is 192 Å². The molecule has 0 amide bonds. The van der Waals surface area contributed by atoms with Crippen molar-refractivity contribution in [2.45, 2.75) is 18.8 Å². The Bertz CT molecular complexity index is 1200. The van der Waals surface area contributed by atoms with Gasteiger partial charge in [0.05, 0.1) is 17.9 Å². The zero-order valence-corrected chi connectivity index (χ0v) is 19.0. The van der Waals surface area contributed by atoms with Gasteiger partial charge < -0.3 is 0 Å². The summed E-state index contributed by atoms with van der Waals surface area (Å²) in [6.07, 6.45) is -3.18. The molecule has 3 aromatic rings. The summed E-state index contributed by atoms with van der Waals surface area (Å²) in [5.41, 5.74) is 1.91. The molecule has 4 nitrogen and oxygen atoms in total. The van der Waals surface area contributed by atoms with Gasteiger partial charge in [-0.2, -0.15) is 17.5 Å². The van der Waals surface area contributed by atoms with Gasteiger partial charge >= 0.3 is 6.18 Å². The van der Waals surface area contributed by atoms with E-state index in [0.29, 0.717) is 31.7 Å². The topological polar surface area (TPSA) is 40.6 Å². The van der Waals surface area contributed by atoms with Crippen molar-refractivity contribution in [3.63, 3.8) is 0 Å². The molecule has 1 atom stereocenters. The van der Waals surface area contributed by atoms with Gasteiger partial charge in [0.15, 0.2) is 0 Å². The lowest BCUT2D eigenvalue weighted by atomic mass is 9.98. The van der Waals surface area contributed by atoms with Crippen LogP contribution in [0.3, 0.4) is 0 Å². The summed E-state index contributed by atoms with van der Waals surface area (Å²) < 4.78 is 66.3. The molecule has 0 saturated carbocycles. The van der Waals surface area contributed by atoms with Crippen LogP contribution in [0.15, 0.2) is 78.9 Å². The van der Waals surface area contributed by atoms with Crippen molar-refractivity contribution < 1.29 is 21.6 Å². The van der Waals surface area contributed by atoms with Gasteiger partial charge in [-0.1, -0.05) is 72.8 Å². The maximum absolute atomic E-state index is 13.4. The molecule has 0 radical (unpaired) electrons. The quantitative estimate of drug-likeness (QED) is 0.511. The van der Waals surface area contributed by atoms with Crippen LogP contribution in [-0.4, -0.2) is 43.5 Å². The van der Waals surface area contributed by atoms with Crippen molar-refractivity contribution in [1.29, 1.82) is 0 Å². The van der Waals surface area contributed by atoms with E-state index in [0.717, 1.165) is 17.2 Å². The van der Waals surface area contributed by atoms with E-state index in [9.17, 15) is 21.6 Å². The number of nitrogens with zero attached hydrogens (tertiary/aromatic N) is 2. The Hall–Kier alpha value is -2.68. The summed E-state index contributed by atoms with van der Waals surface area (Å²) in [6.45, 7) is 2.09. The summed E-state index contributed by atoms with van der Waals surface area (Å²) in [5.74, 6) is 0. The molecular formula is C25H25F3N2O2S. The van der Waals surface area contributed by atoms with E-state index in [1.165, 1.54) is 22.7 Å². The highest BCUT2D eigenvalue weighted by Gasteiger charge is 2.34. The first-order chi connectivity index (χ1) is 15.6. The van der Waals surface area contributed by atoms with E-state index in [1.807, 2.05) is 42.5 Å². The van der Waals surface area contributed by atoms with E-state index < -0.39 is 21.8 Å². The third-order valence-electron chi connectivity index (χ3n) is 5.93. The molecule has 4 rings (SSSR count). The number of sulfonamides is 1. The summed E-state index contributed by atoms with van der Waals surface area (Å²) in [7, 11) is -3.36. The molecule has 0 aromatic heterocycles. The average molecular weight is 475 g/mol. The van der Waals surface area contributed by atoms with Crippen LogP contribution in [0, 0.1) is 0 Å². The lowest BCUT2D eigenvalue weighted by Crippen LogP contribution is -2.49. The minimum Gasteiger partial charge on any atom is -0.296 e. The minimum atomic E-state index is -4.42. The minimum absolute atomic E-state index is 0.155. The SMILES string of the molecule is CS(=O)(=O)N1CCN(Cc2ccc(-c3ccccc3C(F)(F)F)cc2)CC1c1ccccc1. The van der Waals surface area contributed by atoms with Gasteiger partial charge in [0.1, 0.15) is 0 Å². The molecule has 1 saturated heterocycles. The number of rotatable bonds is 5. The highest BCUT2D eigenvalue weighted by atomic mass is 32.2. The Morgan fingerprint density at radius 3 is 2.15 bits per heavy atom. The van der Waals surface area contributed by atoms with Crippen molar-refractivity contribution in [1.82, 2.24) is 9.21 Å². The van der Waals surface area contributed by atoms with Crippen molar-refractivity contribution in [3.05, 3.63) is 95.6 Å². The average Bonchev–Trinajstić information content (AvgIpc) is 2.79. The van der Waals surface area contributed by atoms with Gasteiger partial charge in [-0.25, -0.2) is 8.42 Å². The summed E-state index contributed by atoms with van der Waals surface area (Å²) in [5, 5.41) is 0. The van der Waals surface area contributed by atoms with Gasteiger partial charge in [0.2, 0.25) is 10.0 Å². The van der Waals surface area contributed by atoms with E-state index in [2.05, 4.69) is 4.90 Å². The number of halogens is 3. The lowest BCUT2D eigenvalue weighted by Gasteiger charge is -2.40. The number of alkyl halides is 3. The molecule has 1 fully saturated rings. The third-order valence-corrected chi connectivity index (χ3v) is 7.22. The first kappa shape index (κ1) is 23.5. The van der Waals surface area contributed by atoms with Crippen LogP contribution in [0.1, 0.15) is 22.7 Å². The summed E-state index contributed by atoms with van der Waals surface area (Å²) in [4.78, 5) is 2.18. The van der Waals surface area contributed by atoms with Crippen LogP contribution in [0.25, 0.3) is 11.1 Å². The lowest BCUT2D eigenvalue weighted by molar-refractivity contribution is -0.137. The number of hydrogen-bond acceptors (Lipinski definition) is 3. The van der Waals surface area contributed by atoms with Gasteiger partial charge in [0, 0.05) is 26.2 Å². The van der Waals surface area contributed by atoms with Crippen molar-refractivity contribution in [3.8, 4) is 11.1 Å². The van der Waals surface area contributed by atoms with Crippen LogP contribution in [0.2, 0.25) is 0 Å². The predicted octanol–water partition coefficient (Wildman–Crippen LogP) is 5.19. The largest absolute Gasteiger partial charge is 0.417 e. The molecular weight excluding hydrogens is 449 g/mol. The summed E-state index contributed by atoms with van der Waals surface area (Å²) in [6, 6.07) is 21.9. The number of hydrogen-bond donors (Lipinski definition) is 0. The zero-order chi connectivity index (χ0) is 23.6. The van der Waals surface area contributed by atoms with E-state index in [4.69, 9.17) is 0 Å². The van der Waals surface area contributed by atoms with Gasteiger partial charge in [0.25, 0.3) is 0 Å². The van der Waals surface area contributed by atoms with E-state index >= 15 is 0 Å². The molecule has 0 spiro atoms. The molecule has 1 aliphatic rings. The van der Waals surface area contributed by atoms with Crippen LogP contribution in [0.5, 0.6) is 0 Å². The van der Waals surface area contributed by atoms with E-state index in [-0.39, 0.29) is 11.6 Å². The van der Waals surface area contributed by atoms with Crippen LogP contribution < -0.4 is 0 Å². The smallest absolute Gasteiger partial charge is 0.296 e. The predicted molar refractivity (Wildman–Crippen MR) is 123 cm³/mol. The van der Waals surface area contributed by atoms with Crippen molar-refractivity contribution in [2.75, 3.05) is 25.9 Å². The van der Waals surface area contributed by atoms with Gasteiger partial charge in [-0.15, -0.1) is 0 Å². The number of benzene rings is 3. The molecule has 3 aromatic carbocycles. The fraction of sp³-hybridized carbons (Fsp3) is 0.280. The monoisotopic (exact) mass is 474 g/mol. The molecule has 1 unspecified atom stereocenters. The molecule has 0 aliphatic carbocycles. The molecule has 1 heterocycles. The molecule has 174 valence electrons. The fourth-order valence-corrected chi connectivity index (χ4v) is 5.40. The first-order valence-electron chi connectivity index (χ1n) is 10.6. The maximum Gasteiger partial charge on any atom is 0.417 e. The maximum atomic E-state index is 13.4. The first-order valence-corrected chi connectivity index (χ1v) is 12.5. The Morgan fingerprint density at radius 2 is 1.52 bits per heavy atom. The van der Waals surface area contributed by atoms with Crippen LogP contribution in [-0.2, 0) is 22.7 Å². The standard InChI is InChI=1S/C25H25F3N2O2S/c1-33(31,32)30-16-15-29(18-24(30)21-7-3-2-4-8-21)17-19-11-13-20(14-12-19)22-9-5-6-10-23(22)25(26,27)28/h2-14,24H,15-18H2,1H3. The second-order valence-electron chi connectivity index (χ2n) is 8.28. The molecule has 1 aliphatic heterocycles. The fourth-order valence-electron chi connectivity index (χ4n) is 4.34. The van der Waals surface area contributed by atoms with E-state index in [1.54, 1.807) is 18.2 Å². The third kappa shape index (κ3) is 5.46. The van der Waals surface area contributed by atoms with Crippen LogP contribution >= 0.6 is 0 Å². The molecule has 8 heteroatoms.